The van der Waals surface area contributed by atoms with Gasteiger partial charge in [-0.25, -0.2) is 4.39 Å². The Morgan fingerprint density at radius 2 is 2.32 bits per heavy atom. The predicted molar refractivity (Wildman–Crippen MR) is 70.1 cm³/mol. The highest BCUT2D eigenvalue weighted by atomic mass is 35.5. The first-order valence-electron chi connectivity index (χ1n) is 5.48. The van der Waals surface area contributed by atoms with E-state index in [1.807, 2.05) is 0 Å². The number of nitrogens with one attached hydrogen (secondary N) is 1. The van der Waals surface area contributed by atoms with Crippen molar-refractivity contribution in [3.05, 3.63) is 34.6 Å². The molecule has 0 atom stereocenters. The second-order valence-electron chi connectivity index (χ2n) is 3.86. The first-order valence-corrected chi connectivity index (χ1v) is 6.84. The smallest absolute Gasteiger partial charge is 0.262 e. The van der Waals surface area contributed by atoms with E-state index in [1.165, 1.54) is 18.2 Å². The molecule has 0 saturated carbocycles. The fraction of sp³-hybridized carbons (Fsp3) is 0.182. The van der Waals surface area contributed by atoms with E-state index in [-0.39, 0.29) is 10.6 Å². The lowest BCUT2D eigenvalue weighted by Crippen LogP contribution is -2.17. The van der Waals surface area contributed by atoms with Gasteiger partial charge in [0.05, 0.1) is 10.6 Å². The Hall–Kier alpha value is -1.60. The fourth-order valence-electron chi connectivity index (χ4n) is 1.80. The van der Waals surface area contributed by atoms with Gasteiger partial charge in [-0.15, -0.1) is 10.2 Å². The van der Waals surface area contributed by atoms with Crippen molar-refractivity contribution in [1.29, 1.82) is 0 Å². The van der Waals surface area contributed by atoms with Crippen LogP contribution in [0.15, 0.2) is 23.4 Å². The number of halogens is 2. The van der Waals surface area contributed by atoms with Gasteiger partial charge in [0.15, 0.2) is 5.16 Å². The lowest BCUT2D eigenvalue weighted by atomic mass is 10.2. The van der Waals surface area contributed by atoms with Crippen molar-refractivity contribution >= 4 is 35.2 Å². The average molecular weight is 299 g/mol. The number of anilines is 1. The van der Waals surface area contributed by atoms with Crippen LogP contribution in [0.4, 0.5) is 10.3 Å². The third-order valence-corrected chi connectivity index (χ3v) is 3.94. The van der Waals surface area contributed by atoms with Crippen LogP contribution in [0.1, 0.15) is 10.4 Å². The average Bonchev–Trinajstić information content (AvgIpc) is 2.94. The van der Waals surface area contributed by atoms with Crippen molar-refractivity contribution in [3.63, 3.8) is 0 Å². The molecule has 5 nitrogen and oxygen atoms in total. The highest BCUT2D eigenvalue weighted by molar-refractivity contribution is 7.99. The molecule has 0 saturated heterocycles. The van der Waals surface area contributed by atoms with Crippen LogP contribution < -0.4 is 5.32 Å². The van der Waals surface area contributed by atoms with Gasteiger partial charge in [0.2, 0.25) is 5.95 Å². The van der Waals surface area contributed by atoms with Crippen molar-refractivity contribution in [2.45, 2.75) is 11.7 Å². The molecular weight excluding hydrogens is 291 g/mol. The number of hydrogen-bond donors (Lipinski definition) is 1. The van der Waals surface area contributed by atoms with Gasteiger partial charge in [-0.3, -0.25) is 14.7 Å². The molecule has 19 heavy (non-hydrogen) atoms. The first-order chi connectivity index (χ1) is 9.16. The first kappa shape index (κ1) is 12.4. The maximum Gasteiger partial charge on any atom is 0.262 e. The Labute approximate surface area is 117 Å². The maximum absolute atomic E-state index is 13.6. The van der Waals surface area contributed by atoms with Gasteiger partial charge in [0, 0.05) is 12.3 Å². The summed E-state index contributed by atoms with van der Waals surface area (Å²) < 4.78 is 15.4. The van der Waals surface area contributed by atoms with E-state index >= 15 is 0 Å². The van der Waals surface area contributed by atoms with Gasteiger partial charge in [0.25, 0.3) is 5.91 Å². The summed E-state index contributed by atoms with van der Waals surface area (Å²) >= 11 is 7.39. The molecular formula is C11H8ClFN4OS. The molecule has 1 aromatic heterocycles. The second kappa shape index (κ2) is 4.82. The minimum atomic E-state index is -0.666. The number of carbonyl (C=O) groups is 1. The molecule has 0 radical (unpaired) electrons. The topological polar surface area (TPSA) is 59.8 Å². The Bertz CT molecular complexity index is 640. The Morgan fingerprint density at radius 3 is 3.11 bits per heavy atom. The Kier molecular flexibility index (Phi) is 3.16. The number of benzene rings is 1. The summed E-state index contributed by atoms with van der Waals surface area (Å²) in [6.07, 6.45) is 0. The molecule has 1 aliphatic heterocycles. The van der Waals surface area contributed by atoms with Crippen molar-refractivity contribution < 1.29 is 9.18 Å². The highest BCUT2D eigenvalue weighted by Crippen LogP contribution is 2.27. The van der Waals surface area contributed by atoms with Crippen LogP contribution in [-0.4, -0.2) is 26.4 Å². The molecule has 1 N–H and O–H groups in total. The minimum absolute atomic E-state index is 0.0630. The predicted octanol–water partition coefficient (Wildman–Crippen LogP) is 2.43. The third-order valence-electron chi connectivity index (χ3n) is 2.68. The van der Waals surface area contributed by atoms with E-state index in [2.05, 4.69) is 15.5 Å². The van der Waals surface area contributed by atoms with E-state index in [0.717, 1.165) is 10.9 Å². The standard InChI is InChI=1S/C11H8ClFN4OS/c12-6-2-1-3-7(13)8(6)9(18)14-10-15-16-11-17(10)4-5-19-11/h1-3H,4-5H2,(H,14,15,18). The minimum Gasteiger partial charge on any atom is -0.290 e. The largest absolute Gasteiger partial charge is 0.290 e. The molecule has 1 aromatic carbocycles. The van der Waals surface area contributed by atoms with Crippen LogP contribution >= 0.6 is 23.4 Å². The molecule has 98 valence electrons. The van der Waals surface area contributed by atoms with E-state index in [9.17, 15) is 9.18 Å². The monoisotopic (exact) mass is 298 g/mol. The van der Waals surface area contributed by atoms with E-state index in [4.69, 9.17) is 11.6 Å². The zero-order valence-corrected chi connectivity index (χ0v) is 11.1. The Balaban J connectivity index is 1.89. The van der Waals surface area contributed by atoms with Crippen LogP contribution in [-0.2, 0) is 6.54 Å². The quantitative estimate of drug-likeness (QED) is 0.925. The molecule has 8 heteroatoms. The van der Waals surface area contributed by atoms with Crippen LogP contribution in [0.25, 0.3) is 0 Å². The van der Waals surface area contributed by atoms with Crippen molar-refractivity contribution in [3.8, 4) is 0 Å². The SMILES string of the molecule is O=C(Nc1nnc2n1CCS2)c1c(F)cccc1Cl. The number of thioether (sulfide) groups is 1. The summed E-state index contributed by atoms with van der Waals surface area (Å²) in [6, 6.07) is 4.09. The molecule has 0 unspecified atom stereocenters. The summed E-state index contributed by atoms with van der Waals surface area (Å²) in [5.74, 6) is -0.103. The number of fused-ring (bicyclic) bond motifs is 1. The summed E-state index contributed by atoms with van der Waals surface area (Å²) in [4.78, 5) is 12.0. The van der Waals surface area contributed by atoms with Crippen molar-refractivity contribution in [2.75, 3.05) is 11.1 Å². The number of hydrogen-bond acceptors (Lipinski definition) is 4. The Morgan fingerprint density at radius 1 is 1.47 bits per heavy atom. The zero-order chi connectivity index (χ0) is 13.4. The number of nitrogens with zero attached hydrogens (tertiary/aromatic N) is 3. The molecule has 2 aromatic rings. The van der Waals surface area contributed by atoms with Crippen LogP contribution in [0.3, 0.4) is 0 Å². The molecule has 1 aliphatic rings. The van der Waals surface area contributed by atoms with Crippen molar-refractivity contribution in [2.24, 2.45) is 0 Å². The van der Waals surface area contributed by atoms with Crippen LogP contribution in [0.2, 0.25) is 5.02 Å². The maximum atomic E-state index is 13.6. The number of aromatic nitrogens is 3. The van der Waals surface area contributed by atoms with E-state index in [1.54, 1.807) is 16.3 Å². The van der Waals surface area contributed by atoms with E-state index in [0.29, 0.717) is 12.5 Å². The van der Waals surface area contributed by atoms with Gasteiger partial charge in [-0.2, -0.15) is 0 Å². The summed E-state index contributed by atoms with van der Waals surface area (Å²) in [7, 11) is 0. The third kappa shape index (κ3) is 2.19. The lowest BCUT2D eigenvalue weighted by Gasteiger charge is -2.07. The number of rotatable bonds is 2. The lowest BCUT2D eigenvalue weighted by molar-refractivity contribution is 0.102. The number of amides is 1. The summed E-state index contributed by atoms with van der Waals surface area (Å²) in [5, 5.41) is 11.1. The van der Waals surface area contributed by atoms with Crippen LogP contribution in [0.5, 0.6) is 0 Å². The molecule has 0 aliphatic carbocycles. The van der Waals surface area contributed by atoms with E-state index < -0.39 is 11.7 Å². The number of carbonyl (C=O) groups excluding carboxylic acids is 1. The van der Waals surface area contributed by atoms with Gasteiger partial charge in [0.1, 0.15) is 5.82 Å². The van der Waals surface area contributed by atoms with Gasteiger partial charge in [-0.05, 0) is 12.1 Å². The van der Waals surface area contributed by atoms with Crippen LogP contribution in [0, 0.1) is 5.82 Å². The molecule has 0 bridgehead atoms. The summed E-state index contributed by atoms with van der Waals surface area (Å²) in [5.41, 5.74) is -0.188. The summed E-state index contributed by atoms with van der Waals surface area (Å²) in [6.45, 7) is 0.716. The van der Waals surface area contributed by atoms with Gasteiger partial charge < -0.3 is 0 Å². The molecule has 3 rings (SSSR count). The molecule has 2 heterocycles. The fourth-order valence-corrected chi connectivity index (χ4v) is 2.93. The second-order valence-corrected chi connectivity index (χ2v) is 5.33. The molecule has 1 amide bonds. The van der Waals surface area contributed by atoms with Gasteiger partial charge in [-0.1, -0.05) is 29.4 Å². The highest BCUT2D eigenvalue weighted by Gasteiger charge is 2.22. The molecule has 0 spiro atoms. The zero-order valence-electron chi connectivity index (χ0n) is 9.56. The van der Waals surface area contributed by atoms with Gasteiger partial charge >= 0.3 is 0 Å². The molecule has 0 fully saturated rings. The normalized spacial score (nSPS) is 13.4. The van der Waals surface area contributed by atoms with Crippen molar-refractivity contribution in [1.82, 2.24) is 14.8 Å².